The zero-order chi connectivity index (χ0) is 22.7. The molecule has 0 saturated carbocycles. The number of aromatic nitrogens is 2. The molecule has 1 aromatic heterocycles. The molecule has 6 nitrogen and oxygen atoms in total. The van der Waals surface area contributed by atoms with Gasteiger partial charge in [0, 0.05) is 36.5 Å². The van der Waals surface area contributed by atoms with Gasteiger partial charge in [0.05, 0.1) is 24.1 Å². The molecule has 0 atom stereocenters. The Labute approximate surface area is 187 Å². The fourth-order valence-electron chi connectivity index (χ4n) is 3.48. The lowest BCUT2D eigenvalue weighted by Gasteiger charge is -2.26. The van der Waals surface area contributed by atoms with E-state index in [1.165, 1.54) is 4.57 Å². The maximum Gasteiger partial charge on any atom is 0.262 e. The molecule has 0 unspecified atom stereocenters. The van der Waals surface area contributed by atoms with Crippen molar-refractivity contribution in [2.24, 2.45) is 0 Å². The van der Waals surface area contributed by atoms with E-state index in [1.54, 1.807) is 29.2 Å². The summed E-state index contributed by atoms with van der Waals surface area (Å²) >= 11 is 1.12. The Bertz CT molecular complexity index is 1240. The van der Waals surface area contributed by atoms with Crippen LogP contribution in [0.5, 0.6) is 0 Å². The molecule has 1 aliphatic heterocycles. The van der Waals surface area contributed by atoms with Crippen molar-refractivity contribution >= 4 is 28.6 Å². The molecule has 0 radical (unpaired) electrons. The van der Waals surface area contributed by atoms with E-state index in [-0.39, 0.29) is 29.3 Å². The van der Waals surface area contributed by atoms with Gasteiger partial charge >= 0.3 is 0 Å². The molecule has 2 heterocycles. The summed E-state index contributed by atoms with van der Waals surface area (Å²) in [5, 5.41) is 0.702. The number of hydrogen-bond acceptors (Lipinski definition) is 5. The smallest absolute Gasteiger partial charge is 0.262 e. The molecule has 1 aliphatic rings. The van der Waals surface area contributed by atoms with Gasteiger partial charge in [-0.15, -0.1) is 6.58 Å². The number of amides is 1. The number of carbonyl (C=O) groups excluding carboxylic acids is 1. The van der Waals surface area contributed by atoms with Gasteiger partial charge in [0.25, 0.3) is 11.5 Å². The molecular formula is C23H21F2N3O3S. The average molecular weight is 458 g/mol. The zero-order valence-electron chi connectivity index (χ0n) is 17.2. The van der Waals surface area contributed by atoms with Crippen molar-refractivity contribution in [3.05, 3.63) is 82.2 Å². The van der Waals surface area contributed by atoms with E-state index in [0.29, 0.717) is 47.9 Å². The van der Waals surface area contributed by atoms with Crippen molar-refractivity contribution in [1.29, 1.82) is 0 Å². The standard InChI is InChI=1S/C23H21F2N3O3S/c1-2-7-28-22(30)18-5-3-15(21(29)27-8-10-31-11-9-27)13-20(18)26-23(28)32-14-16-12-17(24)4-6-19(16)25/h2-6,12-13H,1,7-11,14H2. The molecule has 0 N–H and O–H groups in total. The molecule has 1 saturated heterocycles. The van der Waals surface area contributed by atoms with Gasteiger partial charge in [-0.1, -0.05) is 17.8 Å². The van der Waals surface area contributed by atoms with Crippen LogP contribution >= 0.6 is 11.8 Å². The van der Waals surface area contributed by atoms with E-state index in [0.717, 1.165) is 30.0 Å². The summed E-state index contributed by atoms with van der Waals surface area (Å²) in [6.07, 6.45) is 1.57. The summed E-state index contributed by atoms with van der Waals surface area (Å²) in [6.45, 7) is 5.88. The first-order chi connectivity index (χ1) is 15.5. The van der Waals surface area contributed by atoms with Crippen molar-refractivity contribution in [3.8, 4) is 0 Å². The Balaban J connectivity index is 1.70. The van der Waals surface area contributed by atoms with Crippen molar-refractivity contribution in [2.45, 2.75) is 17.5 Å². The number of fused-ring (bicyclic) bond motifs is 1. The first kappa shape index (κ1) is 22.2. The van der Waals surface area contributed by atoms with E-state index in [1.807, 2.05) is 0 Å². The van der Waals surface area contributed by atoms with Crippen LogP contribution in [0.2, 0.25) is 0 Å². The zero-order valence-corrected chi connectivity index (χ0v) is 18.0. The van der Waals surface area contributed by atoms with Crippen LogP contribution in [0.4, 0.5) is 8.78 Å². The summed E-state index contributed by atoms with van der Waals surface area (Å²) < 4.78 is 34.3. The van der Waals surface area contributed by atoms with Crippen LogP contribution in [-0.4, -0.2) is 46.7 Å². The predicted molar refractivity (Wildman–Crippen MR) is 119 cm³/mol. The van der Waals surface area contributed by atoms with Gasteiger partial charge in [0.1, 0.15) is 11.6 Å². The molecule has 166 valence electrons. The third-order valence-corrected chi connectivity index (χ3v) is 6.17. The van der Waals surface area contributed by atoms with Crippen LogP contribution in [0, 0.1) is 11.6 Å². The lowest BCUT2D eigenvalue weighted by molar-refractivity contribution is 0.0303. The van der Waals surface area contributed by atoms with Crippen LogP contribution < -0.4 is 5.56 Å². The highest BCUT2D eigenvalue weighted by atomic mass is 32.2. The normalized spacial score (nSPS) is 14.0. The minimum Gasteiger partial charge on any atom is -0.378 e. The molecule has 0 spiro atoms. The molecule has 0 aliphatic carbocycles. The number of morpholine rings is 1. The number of halogens is 2. The van der Waals surface area contributed by atoms with Gasteiger partial charge < -0.3 is 9.64 Å². The molecule has 1 fully saturated rings. The van der Waals surface area contributed by atoms with Crippen molar-refractivity contribution in [1.82, 2.24) is 14.5 Å². The molecular weight excluding hydrogens is 436 g/mol. The van der Waals surface area contributed by atoms with Gasteiger partial charge in [-0.3, -0.25) is 14.2 Å². The fraction of sp³-hybridized carbons (Fsp3) is 0.261. The van der Waals surface area contributed by atoms with Gasteiger partial charge in [-0.2, -0.15) is 0 Å². The molecule has 1 amide bonds. The largest absolute Gasteiger partial charge is 0.378 e. The number of thioether (sulfide) groups is 1. The predicted octanol–water partition coefficient (Wildman–Crippen LogP) is 3.63. The Hall–Kier alpha value is -3.04. The number of ether oxygens (including phenoxy) is 1. The highest BCUT2D eigenvalue weighted by Crippen LogP contribution is 2.25. The second-order valence-corrected chi connectivity index (χ2v) is 8.20. The second-order valence-electron chi connectivity index (χ2n) is 7.26. The van der Waals surface area contributed by atoms with Gasteiger partial charge in [0.15, 0.2) is 5.16 Å². The minimum atomic E-state index is -0.539. The summed E-state index contributed by atoms with van der Waals surface area (Å²) in [5.41, 5.74) is 0.685. The molecule has 3 aromatic rings. The van der Waals surface area contributed by atoms with Gasteiger partial charge in [-0.05, 0) is 36.4 Å². The van der Waals surface area contributed by atoms with Crippen LogP contribution in [0.1, 0.15) is 15.9 Å². The van der Waals surface area contributed by atoms with E-state index in [9.17, 15) is 18.4 Å². The van der Waals surface area contributed by atoms with E-state index >= 15 is 0 Å². The van der Waals surface area contributed by atoms with Crippen LogP contribution in [-0.2, 0) is 17.0 Å². The highest BCUT2D eigenvalue weighted by molar-refractivity contribution is 7.98. The number of allylic oxidation sites excluding steroid dienone is 1. The minimum absolute atomic E-state index is 0.0884. The Morgan fingerprint density at radius 3 is 2.72 bits per heavy atom. The van der Waals surface area contributed by atoms with E-state index in [2.05, 4.69) is 11.6 Å². The quantitative estimate of drug-likeness (QED) is 0.321. The molecule has 2 aromatic carbocycles. The summed E-state index contributed by atoms with van der Waals surface area (Å²) in [7, 11) is 0. The van der Waals surface area contributed by atoms with Crippen LogP contribution in [0.25, 0.3) is 10.9 Å². The first-order valence-electron chi connectivity index (χ1n) is 10.1. The summed E-state index contributed by atoms with van der Waals surface area (Å²) in [6, 6.07) is 8.06. The van der Waals surface area contributed by atoms with Crippen molar-refractivity contribution in [3.63, 3.8) is 0 Å². The van der Waals surface area contributed by atoms with Crippen molar-refractivity contribution < 1.29 is 18.3 Å². The van der Waals surface area contributed by atoms with Gasteiger partial charge in [0.2, 0.25) is 0 Å². The monoisotopic (exact) mass is 457 g/mol. The number of carbonyl (C=O) groups is 1. The lowest BCUT2D eigenvalue weighted by atomic mass is 10.1. The molecule has 4 rings (SSSR count). The summed E-state index contributed by atoms with van der Waals surface area (Å²) in [5.74, 6) is -1.13. The second kappa shape index (κ2) is 9.62. The third kappa shape index (κ3) is 4.58. The van der Waals surface area contributed by atoms with Gasteiger partial charge in [-0.25, -0.2) is 13.8 Å². The average Bonchev–Trinajstić information content (AvgIpc) is 2.81. The molecule has 9 heteroatoms. The number of hydrogen-bond donors (Lipinski definition) is 0. The van der Waals surface area contributed by atoms with Crippen molar-refractivity contribution in [2.75, 3.05) is 26.3 Å². The lowest BCUT2D eigenvalue weighted by Crippen LogP contribution is -2.40. The third-order valence-electron chi connectivity index (χ3n) is 5.14. The highest BCUT2D eigenvalue weighted by Gasteiger charge is 2.20. The maximum absolute atomic E-state index is 14.0. The molecule has 32 heavy (non-hydrogen) atoms. The molecule has 0 bridgehead atoms. The Kier molecular flexibility index (Phi) is 6.66. The number of benzene rings is 2. The Morgan fingerprint density at radius 2 is 1.97 bits per heavy atom. The number of nitrogens with zero attached hydrogens (tertiary/aromatic N) is 3. The van der Waals surface area contributed by atoms with E-state index < -0.39 is 11.6 Å². The topological polar surface area (TPSA) is 64.4 Å². The van der Waals surface area contributed by atoms with E-state index in [4.69, 9.17) is 4.74 Å². The van der Waals surface area contributed by atoms with Crippen LogP contribution in [0.15, 0.2) is 59.0 Å². The first-order valence-corrected chi connectivity index (χ1v) is 11.1. The number of rotatable bonds is 6. The van der Waals surface area contributed by atoms with Crippen LogP contribution in [0.3, 0.4) is 0 Å². The maximum atomic E-state index is 14.0. The fourth-order valence-corrected chi connectivity index (χ4v) is 4.46. The Morgan fingerprint density at radius 1 is 1.19 bits per heavy atom. The summed E-state index contributed by atoms with van der Waals surface area (Å²) in [4.78, 5) is 32.2. The SMILES string of the molecule is C=CCn1c(SCc2cc(F)ccc2F)nc2cc(C(=O)N3CCOCC3)ccc2c1=O.